The van der Waals surface area contributed by atoms with E-state index >= 15 is 0 Å². The van der Waals surface area contributed by atoms with Crippen LogP contribution in [0.3, 0.4) is 0 Å². The van der Waals surface area contributed by atoms with Crippen LogP contribution in [0.25, 0.3) is 0 Å². The fraction of sp³-hybridized carbons (Fsp3) is 0.368. The highest BCUT2D eigenvalue weighted by atomic mass is 32.1. The molecule has 2 amide bonds. The van der Waals surface area contributed by atoms with Crippen molar-refractivity contribution >= 4 is 23.2 Å². The Balaban J connectivity index is 1.59. The van der Waals surface area contributed by atoms with Crippen LogP contribution in [-0.4, -0.2) is 31.6 Å². The number of carbonyl (C=O) groups excluding carboxylic acids is 2. The highest BCUT2D eigenvalue weighted by molar-refractivity contribution is 7.07. The molecule has 3 rings (SSSR count). The molecule has 0 atom stereocenters. The molecular formula is C19H22N2O3S. The molecule has 5 nitrogen and oxygen atoms in total. The van der Waals surface area contributed by atoms with Crippen molar-refractivity contribution in [2.24, 2.45) is 0 Å². The van der Waals surface area contributed by atoms with E-state index in [0.29, 0.717) is 26.3 Å². The van der Waals surface area contributed by atoms with E-state index in [1.54, 1.807) is 11.3 Å². The predicted molar refractivity (Wildman–Crippen MR) is 97.3 cm³/mol. The van der Waals surface area contributed by atoms with Crippen molar-refractivity contribution in [1.82, 2.24) is 10.6 Å². The Labute approximate surface area is 151 Å². The first-order valence-corrected chi connectivity index (χ1v) is 9.34. The molecular weight excluding hydrogens is 336 g/mol. The lowest BCUT2D eigenvalue weighted by Gasteiger charge is -2.37. The summed E-state index contributed by atoms with van der Waals surface area (Å²) < 4.78 is 5.49. The molecule has 1 aromatic carbocycles. The summed E-state index contributed by atoms with van der Waals surface area (Å²) in [5.74, 6) is -1.18. The second-order valence-corrected chi connectivity index (χ2v) is 7.04. The molecule has 0 spiro atoms. The van der Waals surface area contributed by atoms with E-state index in [2.05, 4.69) is 22.8 Å². The Morgan fingerprint density at radius 1 is 1.04 bits per heavy atom. The minimum absolute atomic E-state index is 0.178. The second-order valence-electron chi connectivity index (χ2n) is 6.26. The van der Waals surface area contributed by atoms with E-state index in [0.717, 1.165) is 18.4 Å². The zero-order chi connectivity index (χ0) is 17.5. The maximum atomic E-state index is 12.2. The van der Waals surface area contributed by atoms with Crippen LogP contribution in [0.15, 0.2) is 47.2 Å². The summed E-state index contributed by atoms with van der Waals surface area (Å²) in [7, 11) is 0. The van der Waals surface area contributed by atoms with Gasteiger partial charge in [-0.3, -0.25) is 9.59 Å². The normalized spacial score (nSPS) is 16.2. The fourth-order valence-electron chi connectivity index (χ4n) is 3.11. The number of hydrogen-bond acceptors (Lipinski definition) is 4. The molecule has 0 aliphatic carbocycles. The van der Waals surface area contributed by atoms with Crippen LogP contribution in [0.2, 0.25) is 0 Å². The Kier molecular flexibility index (Phi) is 5.83. The van der Waals surface area contributed by atoms with Crippen LogP contribution < -0.4 is 10.6 Å². The molecule has 1 fully saturated rings. The lowest BCUT2D eigenvalue weighted by atomic mass is 9.74. The highest BCUT2D eigenvalue weighted by Gasteiger charge is 2.35. The van der Waals surface area contributed by atoms with Gasteiger partial charge in [-0.2, -0.15) is 11.3 Å². The summed E-state index contributed by atoms with van der Waals surface area (Å²) in [4.78, 5) is 24.2. The first-order valence-electron chi connectivity index (χ1n) is 8.40. The molecule has 0 unspecified atom stereocenters. The topological polar surface area (TPSA) is 67.4 Å². The zero-order valence-corrected chi connectivity index (χ0v) is 14.8. The molecule has 132 valence electrons. The van der Waals surface area contributed by atoms with Gasteiger partial charge in [-0.15, -0.1) is 0 Å². The quantitative estimate of drug-likeness (QED) is 0.806. The van der Waals surface area contributed by atoms with Crippen molar-refractivity contribution in [3.63, 3.8) is 0 Å². The molecule has 1 aliphatic rings. The summed E-state index contributed by atoms with van der Waals surface area (Å²) in [6.45, 7) is 2.13. The van der Waals surface area contributed by atoms with Gasteiger partial charge in [0.2, 0.25) is 0 Å². The van der Waals surface area contributed by atoms with Gasteiger partial charge >= 0.3 is 11.8 Å². The lowest BCUT2D eigenvalue weighted by molar-refractivity contribution is -0.139. The van der Waals surface area contributed by atoms with Gasteiger partial charge in [0.05, 0.1) is 0 Å². The average Bonchev–Trinajstić information content (AvgIpc) is 3.19. The standard InChI is InChI=1S/C19H22N2O3S/c22-17(20-12-15-6-11-25-13-15)18(23)21-14-19(7-9-24-10-8-19)16-4-2-1-3-5-16/h1-6,11,13H,7-10,12,14H2,(H,20,22)(H,21,23). The number of rotatable bonds is 5. The predicted octanol–water partition coefficient (Wildman–Crippen LogP) is 2.23. The van der Waals surface area contributed by atoms with Crippen molar-refractivity contribution in [1.29, 1.82) is 0 Å². The molecule has 25 heavy (non-hydrogen) atoms. The van der Waals surface area contributed by atoms with Crippen molar-refractivity contribution in [3.05, 3.63) is 58.3 Å². The van der Waals surface area contributed by atoms with E-state index in [9.17, 15) is 9.59 Å². The molecule has 6 heteroatoms. The van der Waals surface area contributed by atoms with Gasteiger partial charge in [-0.1, -0.05) is 30.3 Å². The van der Waals surface area contributed by atoms with Crippen LogP contribution >= 0.6 is 11.3 Å². The number of thiophene rings is 1. The van der Waals surface area contributed by atoms with Crippen LogP contribution in [-0.2, 0) is 26.3 Å². The molecule has 1 aromatic heterocycles. The minimum atomic E-state index is -0.596. The van der Waals surface area contributed by atoms with Crippen LogP contribution in [0.1, 0.15) is 24.0 Å². The van der Waals surface area contributed by atoms with Gasteiger partial charge in [0.1, 0.15) is 0 Å². The Bertz CT molecular complexity index is 695. The van der Waals surface area contributed by atoms with E-state index in [1.807, 2.05) is 35.0 Å². The minimum Gasteiger partial charge on any atom is -0.381 e. The SMILES string of the molecule is O=C(NCc1ccsc1)C(=O)NCC1(c2ccccc2)CCOCC1. The zero-order valence-electron chi connectivity index (χ0n) is 14.0. The Hall–Kier alpha value is -2.18. The summed E-state index contributed by atoms with van der Waals surface area (Å²) >= 11 is 1.56. The number of amides is 2. The summed E-state index contributed by atoms with van der Waals surface area (Å²) in [6.07, 6.45) is 1.65. The molecule has 0 saturated carbocycles. The third kappa shape index (κ3) is 4.46. The molecule has 1 aliphatic heterocycles. The molecule has 2 heterocycles. The monoisotopic (exact) mass is 358 g/mol. The van der Waals surface area contributed by atoms with Crippen molar-refractivity contribution < 1.29 is 14.3 Å². The number of nitrogens with one attached hydrogen (secondary N) is 2. The second kappa shape index (κ2) is 8.27. The first kappa shape index (κ1) is 17.6. The molecule has 0 bridgehead atoms. The third-order valence-corrected chi connectivity index (χ3v) is 5.39. The maximum absolute atomic E-state index is 12.2. The fourth-order valence-corrected chi connectivity index (χ4v) is 3.78. The molecule has 2 N–H and O–H groups in total. The molecule has 1 saturated heterocycles. The van der Waals surface area contributed by atoms with Crippen molar-refractivity contribution in [3.8, 4) is 0 Å². The first-order chi connectivity index (χ1) is 12.2. The van der Waals surface area contributed by atoms with Crippen molar-refractivity contribution in [2.45, 2.75) is 24.8 Å². The summed E-state index contributed by atoms with van der Waals surface area (Å²) in [6, 6.07) is 12.1. The van der Waals surface area contributed by atoms with Crippen LogP contribution in [0.5, 0.6) is 0 Å². The Morgan fingerprint density at radius 2 is 1.76 bits per heavy atom. The van der Waals surface area contributed by atoms with E-state index in [4.69, 9.17) is 4.74 Å². The summed E-state index contributed by atoms with van der Waals surface area (Å²) in [5.41, 5.74) is 2.00. The largest absolute Gasteiger partial charge is 0.381 e. The highest BCUT2D eigenvalue weighted by Crippen LogP contribution is 2.34. The number of hydrogen-bond donors (Lipinski definition) is 2. The maximum Gasteiger partial charge on any atom is 0.309 e. The third-order valence-electron chi connectivity index (χ3n) is 4.66. The van der Waals surface area contributed by atoms with Crippen molar-refractivity contribution in [2.75, 3.05) is 19.8 Å². The number of ether oxygens (including phenoxy) is 1. The number of carbonyl (C=O) groups is 2. The smallest absolute Gasteiger partial charge is 0.309 e. The summed E-state index contributed by atoms with van der Waals surface area (Å²) in [5, 5.41) is 9.36. The van der Waals surface area contributed by atoms with Gasteiger partial charge < -0.3 is 15.4 Å². The van der Waals surface area contributed by atoms with E-state index in [-0.39, 0.29) is 5.41 Å². The van der Waals surface area contributed by atoms with Gasteiger partial charge in [0.15, 0.2) is 0 Å². The number of benzene rings is 1. The average molecular weight is 358 g/mol. The van der Waals surface area contributed by atoms with Gasteiger partial charge in [-0.25, -0.2) is 0 Å². The van der Waals surface area contributed by atoms with Gasteiger partial charge in [0, 0.05) is 31.7 Å². The van der Waals surface area contributed by atoms with Crippen LogP contribution in [0.4, 0.5) is 0 Å². The Morgan fingerprint density at radius 3 is 2.44 bits per heavy atom. The van der Waals surface area contributed by atoms with Gasteiger partial charge in [0.25, 0.3) is 0 Å². The molecule has 2 aromatic rings. The van der Waals surface area contributed by atoms with Gasteiger partial charge in [-0.05, 0) is 40.8 Å². The van der Waals surface area contributed by atoms with E-state index < -0.39 is 11.8 Å². The van der Waals surface area contributed by atoms with Crippen LogP contribution in [0, 0.1) is 0 Å². The van der Waals surface area contributed by atoms with E-state index in [1.165, 1.54) is 5.56 Å². The lowest BCUT2D eigenvalue weighted by Crippen LogP contribution is -2.48. The molecule has 0 radical (unpaired) electrons.